The molecular formula is C49H32Cl2N6O4. The van der Waals surface area contributed by atoms with Crippen LogP contribution in [-0.2, 0) is 0 Å². The summed E-state index contributed by atoms with van der Waals surface area (Å²) in [6.07, 6.45) is 6.31. The van der Waals surface area contributed by atoms with Crippen molar-refractivity contribution in [1.29, 1.82) is 0 Å². The molecule has 0 aliphatic heterocycles. The Morgan fingerprint density at radius 3 is 2.20 bits per heavy atom. The fourth-order valence-corrected chi connectivity index (χ4v) is 8.39. The number of aromatic hydroxyl groups is 1. The molecule has 10 aromatic rings. The zero-order chi connectivity index (χ0) is 41.9. The van der Waals surface area contributed by atoms with E-state index in [9.17, 15) is 14.7 Å². The third kappa shape index (κ3) is 6.72. The topological polar surface area (TPSA) is 147 Å². The molecule has 6 aromatic heterocycles. The number of nitrogens with one attached hydrogen (secondary N) is 2. The molecule has 12 heteroatoms. The summed E-state index contributed by atoms with van der Waals surface area (Å²) in [4.78, 5) is 52.2. The Morgan fingerprint density at radius 2 is 1.38 bits per heavy atom. The van der Waals surface area contributed by atoms with Crippen LogP contribution < -0.4 is 15.6 Å². The Balaban J connectivity index is 1.14. The van der Waals surface area contributed by atoms with E-state index in [1.807, 2.05) is 111 Å². The first kappa shape index (κ1) is 37.8. The summed E-state index contributed by atoms with van der Waals surface area (Å²) >= 11 is 13.8. The first-order chi connectivity index (χ1) is 29.6. The van der Waals surface area contributed by atoms with Crippen molar-refractivity contribution >= 4 is 67.1 Å². The fourth-order valence-electron chi connectivity index (χ4n) is 7.84. The van der Waals surface area contributed by atoms with E-state index in [-0.39, 0.29) is 39.5 Å². The smallest absolute Gasteiger partial charge is 0.232 e. The van der Waals surface area contributed by atoms with Crippen LogP contribution in [0.2, 0.25) is 10.0 Å². The minimum Gasteiger partial charge on any atom is -0.506 e. The van der Waals surface area contributed by atoms with Crippen LogP contribution in [0.4, 0.5) is 0 Å². The monoisotopic (exact) mass is 838 g/mol. The summed E-state index contributed by atoms with van der Waals surface area (Å²) in [6, 6.07) is 33.8. The number of rotatable bonds is 7. The molecule has 3 N–H and O–H groups in total. The maximum atomic E-state index is 13.8. The molecular weight excluding hydrogens is 807 g/mol. The molecule has 0 aliphatic carbocycles. The van der Waals surface area contributed by atoms with Gasteiger partial charge in [0.1, 0.15) is 22.4 Å². The van der Waals surface area contributed by atoms with Gasteiger partial charge in [0, 0.05) is 63.9 Å². The van der Waals surface area contributed by atoms with Crippen molar-refractivity contribution in [2.45, 2.75) is 20.0 Å². The molecule has 10 rings (SSSR count). The normalized spacial score (nSPS) is 11.6. The van der Waals surface area contributed by atoms with E-state index in [1.165, 1.54) is 12.3 Å². The predicted octanol–water partition coefficient (Wildman–Crippen LogP) is 11.4. The molecule has 0 saturated heterocycles. The Labute approximate surface area is 357 Å². The standard InChI is InChI=1S/C49H32Cl2N6O4/c1-25(2)61-39-24-55-48-35(46(39)59)22-34(30-17-29-12-7-14-52-43(29)36(50)20-30)42(56-48)28-11-6-10-27(16-28)33-19-32-18-31(21-37(51)44(32)54-23-33)40-45(26-8-4-3-5-9-26)57-49-41(47(40)60)38(58)13-15-53-49/h3-25H,1-2H3,(H,55,56,59)(H2,53,57,58,60). The maximum Gasteiger partial charge on any atom is 0.232 e. The number of hydrogen-bond acceptors (Lipinski definition) is 8. The van der Waals surface area contributed by atoms with Crippen LogP contribution in [-0.4, -0.2) is 41.1 Å². The van der Waals surface area contributed by atoms with Crippen LogP contribution in [0.5, 0.6) is 11.5 Å². The maximum absolute atomic E-state index is 13.8. The van der Waals surface area contributed by atoms with Gasteiger partial charge in [-0.05, 0) is 79.1 Å². The molecule has 0 spiro atoms. The van der Waals surface area contributed by atoms with Crippen molar-refractivity contribution in [3.8, 4) is 67.4 Å². The van der Waals surface area contributed by atoms with Gasteiger partial charge in [0.15, 0.2) is 11.2 Å². The van der Waals surface area contributed by atoms with Crippen molar-refractivity contribution in [2.75, 3.05) is 0 Å². The number of nitrogens with zero attached hydrogens (tertiary/aromatic N) is 4. The Hall–Kier alpha value is -7.40. The highest BCUT2D eigenvalue weighted by Crippen LogP contribution is 2.43. The molecule has 0 unspecified atom stereocenters. The fraction of sp³-hybridized carbons (Fsp3) is 0.0612. The largest absolute Gasteiger partial charge is 0.506 e. The van der Waals surface area contributed by atoms with Gasteiger partial charge in [-0.25, -0.2) is 9.97 Å². The van der Waals surface area contributed by atoms with Gasteiger partial charge in [-0.3, -0.25) is 19.6 Å². The summed E-state index contributed by atoms with van der Waals surface area (Å²) < 4.78 is 5.83. The first-order valence-corrected chi connectivity index (χ1v) is 20.1. The summed E-state index contributed by atoms with van der Waals surface area (Å²) in [6.45, 7) is 3.73. The zero-order valence-corrected chi connectivity index (χ0v) is 34.0. The first-order valence-electron chi connectivity index (χ1n) is 19.4. The van der Waals surface area contributed by atoms with Gasteiger partial charge >= 0.3 is 0 Å². The average Bonchev–Trinajstić information content (AvgIpc) is 3.27. The molecule has 4 aromatic carbocycles. The van der Waals surface area contributed by atoms with Gasteiger partial charge in [0.25, 0.3) is 0 Å². The lowest BCUT2D eigenvalue weighted by Crippen LogP contribution is -2.15. The van der Waals surface area contributed by atoms with Gasteiger partial charge < -0.3 is 19.8 Å². The van der Waals surface area contributed by atoms with Crippen LogP contribution >= 0.6 is 23.2 Å². The van der Waals surface area contributed by atoms with E-state index in [1.54, 1.807) is 24.7 Å². The number of aromatic amines is 2. The third-order valence-electron chi connectivity index (χ3n) is 10.6. The van der Waals surface area contributed by atoms with E-state index in [4.69, 9.17) is 42.9 Å². The quantitative estimate of drug-likeness (QED) is 0.144. The number of aromatic nitrogens is 6. The van der Waals surface area contributed by atoms with Gasteiger partial charge in [-0.1, -0.05) is 77.8 Å². The minimum absolute atomic E-state index is 0.0785. The third-order valence-corrected chi connectivity index (χ3v) is 11.2. The van der Waals surface area contributed by atoms with E-state index < -0.39 is 0 Å². The van der Waals surface area contributed by atoms with E-state index in [0.717, 1.165) is 33.2 Å². The van der Waals surface area contributed by atoms with Gasteiger partial charge in [0.2, 0.25) is 5.43 Å². The Bertz CT molecular complexity index is 3540. The lowest BCUT2D eigenvalue weighted by Gasteiger charge is -2.16. The Morgan fingerprint density at radius 1 is 0.656 bits per heavy atom. The minimum atomic E-state index is -0.364. The van der Waals surface area contributed by atoms with Crippen molar-refractivity contribution in [3.63, 3.8) is 0 Å². The van der Waals surface area contributed by atoms with E-state index in [0.29, 0.717) is 65.6 Å². The molecule has 0 fully saturated rings. The molecule has 0 amide bonds. The number of halogens is 2. The number of hydrogen-bond donors (Lipinski definition) is 3. The predicted molar refractivity (Wildman–Crippen MR) is 244 cm³/mol. The van der Waals surface area contributed by atoms with Crippen molar-refractivity contribution in [3.05, 3.63) is 164 Å². The second-order valence-corrected chi connectivity index (χ2v) is 15.7. The van der Waals surface area contributed by atoms with Crippen molar-refractivity contribution in [1.82, 2.24) is 29.9 Å². The van der Waals surface area contributed by atoms with E-state index in [2.05, 4.69) is 15.0 Å². The zero-order valence-electron chi connectivity index (χ0n) is 32.5. The number of ether oxygens (including phenoxy) is 1. The Kier molecular flexibility index (Phi) is 9.31. The highest BCUT2D eigenvalue weighted by atomic mass is 35.5. The summed E-state index contributed by atoms with van der Waals surface area (Å²) in [5.41, 5.74) is 7.86. The van der Waals surface area contributed by atoms with Crippen LogP contribution in [0, 0.1) is 0 Å². The molecule has 0 aliphatic rings. The van der Waals surface area contributed by atoms with Crippen LogP contribution in [0.1, 0.15) is 13.8 Å². The second-order valence-electron chi connectivity index (χ2n) is 14.9. The van der Waals surface area contributed by atoms with Crippen LogP contribution in [0.25, 0.3) is 99.8 Å². The lowest BCUT2D eigenvalue weighted by atomic mass is 9.94. The molecule has 0 bridgehead atoms. The van der Waals surface area contributed by atoms with Crippen molar-refractivity contribution < 1.29 is 9.84 Å². The van der Waals surface area contributed by atoms with Gasteiger partial charge in [-0.2, -0.15) is 0 Å². The number of H-pyrrole nitrogens is 2. The lowest BCUT2D eigenvalue weighted by molar-refractivity contribution is 0.239. The molecule has 6 heterocycles. The number of benzene rings is 4. The molecule has 296 valence electrons. The number of fused-ring (bicyclic) bond motifs is 4. The summed E-state index contributed by atoms with van der Waals surface area (Å²) in [5.74, 6) is 0.000418. The SMILES string of the molecule is CC(C)Oc1c[nH]c2nc(-c3cccc(-c4cnc5c(Cl)cc(-c6c(-c7ccccc7)nc7[nH]ccc(=O)c7c6O)cc5c4)c3)c(-c3cc(Cl)c4ncccc4c3)cc2c1=O. The molecule has 0 saturated carbocycles. The molecule has 0 atom stereocenters. The second kappa shape index (κ2) is 15.0. The van der Waals surface area contributed by atoms with E-state index >= 15 is 0 Å². The number of pyridine rings is 6. The summed E-state index contributed by atoms with van der Waals surface area (Å²) in [7, 11) is 0. The molecule has 61 heavy (non-hydrogen) atoms. The summed E-state index contributed by atoms with van der Waals surface area (Å²) in [5, 5.41) is 14.6. The molecule has 10 nitrogen and oxygen atoms in total. The van der Waals surface area contributed by atoms with Crippen LogP contribution in [0.3, 0.4) is 0 Å². The van der Waals surface area contributed by atoms with Crippen LogP contribution in [0.15, 0.2) is 144 Å². The molecule has 0 radical (unpaired) electrons. The van der Waals surface area contributed by atoms with Gasteiger partial charge in [-0.15, -0.1) is 0 Å². The van der Waals surface area contributed by atoms with Gasteiger partial charge in [0.05, 0.1) is 49.5 Å². The highest BCUT2D eigenvalue weighted by Gasteiger charge is 2.22. The highest BCUT2D eigenvalue weighted by molar-refractivity contribution is 6.36. The average molecular weight is 840 g/mol. The van der Waals surface area contributed by atoms with Crippen molar-refractivity contribution in [2.24, 2.45) is 0 Å².